The molecule has 3 rings (SSSR count). The number of hydrogen-bond donors (Lipinski definition) is 1. The van der Waals surface area contributed by atoms with Crippen molar-refractivity contribution in [2.45, 2.75) is 12.8 Å². The molecule has 0 saturated carbocycles. The quantitative estimate of drug-likeness (QED) is 0.739. The van der Waals surface area contributed by atoms with Crippen molar-refractivity contribution in [1.82, 2.24) is 10.3 Å². The summed E-state index contributed by atoms with van der Waals surface area (Å²) in [7, 11) is 0. The van der Waals surface area contributed by atoms with Gasteiger partial charge < -0.3 is 5.32 Å². The summed E-state index contributed by atoms with van der Waals surface area (Å²) >= 11 is 0. The smallest absolute Gasteiger partial charge is 0.0432 e. The van der Waals surface area contributed by atoms with Gasteiger partial charge in [-0.15, -0.1) is 6.42 Å². The Morgan fingerprint density at radius 3 is 3.18 bits per heavy atom. The summed E-state index contributed by atoms with van der Waals surface area (Å²) in [5.74, 6) is 4.17. The van der Waals surface area contributed by atoms with Gasteiger partial charge in [-0.1, -0.05) is 12.0 Å². The fourth-order valence-electron chi connectivity index (χ4n) is 2.90. The maximum absolute atomic E-state index is 5.41. The van der Waals surface area contributed by atoms with Crippen LogP contribution in [0.3, 0.4) is 0 Å². The summed E-state index contributed by atoms with van der Waals surface area (Å²) in [6.45, 7) is 2.29. The van der Waals surface area contributed by atoms with E-state index >= 15 is 0 Å². The molecule has 2 unspecified atom stereocenters. The first kappa shape index (κ1) is 10.6. The first-order valence-electron chi connectivity index (χ1n) is 6.20. The average Bonchev–Trinajstić information content (AvgIpc) is 2.82. The van der Waals surface area contributed by atoms with Crippen LogP contribution in [0.2, 0.25) is 0 Å². The number of hydrogen-bond acceptors (Lipinski definition) is 2. The molecule has 0 radical (unpaired) electrons. The zero-order chi connectivity index (χ0) is 11.7. The Morgan fingerprint density at radius 2 is 2.35 bits per heavy atom. The summed E-state index contributed by atoms with van der Waals surface area (Å²) in [6, 6.07) is 2.07. The van der Waals surface area contributed by atoms with E-state index in [4.69, 9.17) is 6.42 Å². The maximum atomic E-state index is 5.41. The predicted octanol–water partition coefficient (Wildman–Crippen LogP) is 2.08. The van der Waals surface area contributed by atoms with E-state index < -0.39 is 0 Å². The predicted molar refractivity (Wildman–Crippen MR) is 69.2 cm³/mol. The van der Waals surface area contributed by atoms with Crippen molar-refractivity contribution in [3.05, 3.63) is 35.7 Å². The van der Waals surface area contributed by atoms with Gasteiger partial charge in [0.2, 0.25) is 0 Å². The zero-order valence-corrected chi connectivity index (χ0v) is 9.82. The Morgan fingerprint density at radius 1 is 1.41 bits per heavy atom. The van der Waals surface area contributed by atoms with Gasteiger partial charge in [0.1, 0.15) is 0 Å². The summed E-state index contributed by atoms with van der Waals surface area (Å²) < 4.78 is 0. The summed E-state index contributed by atoms with van der Waals surface area (Å²) in [4.78, 5) is 4.22. The largest absolute Gasteiger partial charge is 0.316 e. The highest BCUT2D eigenvalue weighted by Crippen LogP contribution is 2.38. The minimum absolute atomic E-state index is 0.751. The van der Waals surface area contributed by atoms with E-state index in [-0.39, 0.29) is 0 Å². The van der Waals surface area contributed by atoms with Crippen molar-refractivity contribution in [3.63, 3.8) is 0 Å². The van der Waals surface area contributed by atoms with Crippen molar-refractivity contribution in [2.75, 3.05) is 13.1 Å². The number of piperidine rings is 1. The third-order valence-electron chi connectivity index (χ3n) is 3.84. The van der Waals surface area contributed by atoms with Gasteiger partial charge in [-0.25, -0.2) is 0 Å². The second-order valence-electron chi connectivity index (χ2n) is 4.92. The van der Waals surface area contributed by atoms with Crippen molar-refractivity contribution in [1.29, 1.82) is 0 Å². The summed E-state index contributed by atoms with van der Waals surface area (Å²) in [5, 5.41) is 3.47. The molecular formula is C15H16N2. The molecule has 2 nitrogen and oxygen atoms in total. The number of aromatic nitrogens is 1. The lowest BCUT2D eigenvalue weighted by Gasteiger charge is -2.25. The van der Waals surface area contributed by atoms with Gasteiger partial charge in [0.15, 0.2) is 0 Å². The molecule has 2 atom stereocenters. The summed E-state index contributed by atoms with van der Waals surface area (Å²) in [5.41, 5.74) is 3.50. The minimum atomic E-state index is 0.751. The number of terminal acetylenes is 1. The van der Waals surface area contributed by atoms with E-state index in [0.717, 1.165) is 36.9 Å². The van der Waals surface area contributed by atoms with E-state index in [9.17, 15) is 0 Å². The molecule has 0 bridgehead atoms. The maximum Gasteiger partial charge on any atom is 0.0432 e. The third-order valence-corrected chi connectivity index (χ3v) is 3.84. The molecule has 2 heteroatoms. The highest BCUT2D eigenvalue weighted by atomic mass is 14.9. The molecule has 2 heterocycles. The highest BCUT2D eigenvalue weighted by Gasteiger charge is 2.30. The Kier molecular flexibility index (Phi) is 2.70. The lowest BCUT2D eigenvalue weighted by Crippen LogP contribution is -2.33. The molecular weight excluding hydrogens is 208 g/mol. The molecule has 1 fully saturated rings. The number of nitrogens with zero attached hydrogens (tertiary/aromatic N) is 1. The van der Waals surface area contributed by atoms with Crippen molar-refractivity contribution in [3.8, 4) is 12.3 Å². The molecule has 1 aliphatic carbocycles. The Balaban J connectivity index is 1.87. The Labute approximate surface area is 102 Å². The number of allylic oxidation sites excluding steroid dienone is 2. The first-order valence-corrected chi connectivity index (χ1v) is 6.20. The number of fused-ring (bicyclic) bond motifs is 1. The lowest BCUT2D eigenvalue weighted by molar-refractivity contribution is 0.324. The fraction of sp³-hybridized carbons (Fsp3) is 0.400. The van der Waals surface area contributed by atoms with Crippen LogP contribution in [0, 0.1) is 24.2 Å². The van der Waals surface area contributed by atoms with Gasteiger partial charge in [-0.05, 0) is 55.0 Å². The Hall–Kier alpha value is -1.59. The molecule has 0 aromatic carbocycles. The standard InChI is InChI=1S/C15H16N2/c1-2-11-5-14(10-17-8-11)13-6-12-3-4-16-9-15(12)7-13/h1,5-6,8,10,12,15-16H,3-4,7,9H2. The van der Waals surface area contributed by atoms with Gasteiger partial charge in [-0.3, -0.25) is 4.98 Å². The van der Waals surface area contributed by atoms with Crippen molar-refractivity contribution in [2.24, 2.45) is 11.8 Å². The van der Waals surface area contributed by atoms with Gasteiger partial charge in [0.05, 0.1) is 0 Å². The topological polar surface area (TPSA) is 24.9 Å². The second-order valence-corrected chi connectivity index (χ2v) is 4.92. The van der Waals surface area contributed by atoms with Crippen LogP contribution in [0.4, 0.5) is 0 Å². The van der Waals surface area contributed by atoms with Crippen LogP contribution in [0.15, 0.2) is 24.5 Å². The first-order chi connectivity index (χ1) is 8.36. The molecule has 86 valence electrons. The molecule has 0 spiro atoms. The highest BCUT2D eigenvalue weighted by molar-refractivity contribution is 5.68. The SMILES string of the molecule is C#Cc1cncc(C2=CC3CCNCC3C2)c1. The van der Waals surface area contributed by atoms with Crippen molar-refractivity contribution >= 4 is 5.57 Å². The molecule has 0 amide bonds. The molecule has 1 aromatic rings. The van der Waals surface area contributed by atoms with Crippen LogP contribution < -0.4 is 5.32 Å². The molecule has 2 aliphatic rings. The minimum Gasteiger partial charge on any atom is -0.316 e. The van der Waals surface area contributed by atoms with Crippen LogP contribution in [-0.4, -0.2) is 18.1 Å². The van der Waals surface area contributed by atoms with Gasteiger partial charge >= 0.3 is 0 Å². The normalized spacial score (nSPS) is 27.1. The van der Waals surface area contributed by atoms with Crippen LogP contribution in [0.5, 0.6) is 0 Å². The van der Waals surface area contributed by atoms with Crippen molar-refractivity contribution < 1.29 is 0 Å². The van der Waals surface area contributed by atoms with Crippen LogP contribution in [-0.2, 0) is 0 Å². The van der Waals surface area contributed by atoms with Crippen LogP contribution in [0.25, 0.3) is 5.57 Å². The number of pyridine rings is 1. The van der Waals surface area contributed by atoms with Gasteiger partial charge in [0.25, 0.3) is 0 Å². The monoisotopic (exact) mass is 224 g/mol. The van der Waals surface area contributed by atoms with Gasteiger partial charge in [0, 0.05) is 18.0 Å². The number of nitrogens with one attached hydrogen (secondary N) is 1. The Bertz CT molecular complexity index is 496. The zero-order valence-electron chi connectivity index (χ0n) is 9.82. The van der Waals surface area contributed by atoms with E-state index in [1.807, 2.05) is 6.20 Å². The molecule has 1 N–H and O–H groups in total. The second kappa shape index (κ2) is 4.35. The lowest BCUT2D eigenvalue weighted by atomic mass is 9.89. The van der Waals surface area contributed by atoms with E-state index in [2.05, 4.69) is 28.4 Å². The molecule has 1 aromatic heterocycles. The van der Waals surface area contributed by atoms with E-state index in [0.29, 0.717) is 0 Å². The van der Waals surface area contributed by atoms with Crippen LogP contribution >= 0.6 is 0 Å². The number of rotatable bonds is 1. The fourth-order valence-corrected chi connectivity index (χ4v) is 2.90. The van der Waals surface area contributed by atoms with Crippen LogP contribution in [0.1, 0.15) is 24.0 Å². The van der Waals surface area contributed by atoms with E-state index in [1.54, 1.807) is 6.20 Å². The third kappa shape index (κ3) is 1.99. The molecule has 17 heavy (non-hydrogen) atoms. The molecule has 1 saturated heterocycles. The van der Waals surface area contributed by atoms with E-state index in [1.165, 1.54) is 17.6 Å². The summed E-state index contributed by atoms with van der Waals surface area (Å²) in [6.07, 6.45) is 13.9. The van der Waals surface area contributed by atoms with Gasteiger partial charge in [-0.2, -0.15) is 0 Å². The average molecular weight is 224 g/mol. The molecule has 1 aliphatic heterocycles.